The van der Waals surface area contributed by atoms with Gasteiger partial charge in [-0.15, -0.1) is 0 Å². The molecule has 3 aromatic rings. The maximum absolute atomic E-state index is 13.5. The molecule has 0 aromatic heterocycles. The monoisotopic (exact) mass is 509 g/mol. The summed E-state index contributed by atoms with van der Waals surface area (Å²) in [5.41, 5.74) is 12.0. The number of nitrogens with one attached hydrogen (secondary N) is 1. The van der Waals surface area contributed by atoms with Crippen LogP contribution in [0.1, 0.15) is 18.4 Å². The molecule has 1 amide bonds. The van der Waals surface area contributed by atoms with Crippen molar-refractivity contribution in [1.82, 2.24) is 9.62 Å². The van der Waals surface area contributed by atoms with E-state index in [1.54, 1.807) is 36.4 Å². The molecule has 0 unspecified atom stereocenters. The number of nitrogens with two attached hydrogens (primary N) is 2. The van der Waals surface area contributed by atoms with Crippen molar-refractivity contribution in [2.24, 2.45) is 16.5 Å². The van der Waals surface area contributed by atoms with Crippen LogP contribution in [0, 0.1) is 0 Å². The number of hydrogen-bond acceptors (Lipinski definition) is 5. The Balaban J connectivity index is 1.68. The average Bonchev–Trinajstić information content (AvgIpc) is 3.33. The van der Waals surface area contributed by atoms with E-state index in [0.717, 1.165) is 10.8 Å². The van der Waals surface area contributed by atoms with Gasteiger partial charge in [0.1, 0.15) is 12.1 Å². The number of carbonyl (C=O) groups excluding carboxylic acids is 1. The van der Waals surface area contributed by atoms with Gasteiger partial charge in [0.15, 0.2) is 5.96 Å². The molecule has 2 atom stereocenters. The van der Waals surface area contributed by atoms with Crippen molar-refractivity contribution in [2.75, 3.05) is 6.54 Å². The lowest BCUT2D eigenvalue weighted by atomic mass is 10.0. The Hall–Kier alpha value is -3.96. The summed E-state index contributed by atoms with van der Waals surface area (Å²) in [5.74, 6) is -1.86. The van der Waals surface area contributed by atoms with Gasteiger partial charge in [-0.2, -0.15) is 4.72 Å². The molecule has 0 bridgehead atoms. The van der Waals surface area contributed by atoms with Crippen LogP contribution in [-0.2, 0) is 26.0 Å². The van der Waals surface area contributed by atoms with Crippen LogP contribution in [0.25, 0.3) is 10.8 Å². The SMILES string of the molecule is NC(N)=Nc1cccc(C[C@H](NS(=O)(=O)c2ccc3ccccc3c2)C(=O)N2CCC[C@H]2C(=O)O)c1. The van der Waals surface area contributed by atoms with E-state index in [9.17, 15) is 23.1 Å². The number of carboxylic acids is 1. The molecule has 1 heterocycles. The van der Waals surface area contributed by atoms with Crippen LogP contribution in [0.5, 0.6) is 0 Å². The molecule has 1 saturated heterocycles. The van der Waals surface area contributed by atoms with Crippen molar-refractivity contribution < 1.29 is 23.1 Å². The number of nitrogens with zero attached hydrogens (tertiary/aromatic N) is 2. The van der Waals surface area contributed by atoms with Gasteiger partial charge in [-0.1, -0.05) is 42.5 Å². The molecule has 1 fully saturated rings. The highest BCUT2D eigenvalue weighted by Gasteiger charge is 2.38. The first-order valence-electron chi connectivity index (χ1n) is 11.4. The number of benzene rings is 3. The van der Waals surface area contributed by atoms with Crippen molar-refractivity contribution in [3.63, 3.8) is 0 Å². The molecule has 3 aromatic carbocycles. The van der Waals surface area contributed by atoms with Gasteiger partial charge < -0.3 is 21.5 Å². The van der Waals surface area contributed by atoms with E-state index < -0.39 is 34.0 Å². The second kappa shape index (κ2) is 10.3. The van der Waals surface area contributed by atoms with Crippen LogP contribution in [-0.4, -0.2) is 54.9 Å². The molecule has 0 aliphatic carbocycles. The fraction of sp³-hybridized carbons (Fsp3) is 0.240. The molecule has 1 aliphatic heterocycles. The zero-order valence-electron chi connectivity index (χ0n) is 19.4. The summed E-state index contributed by atoms with van der Waals surface area (Å²) in [6.07, 6.45) is 0.806. The maximum atomic E-state index is 13.5. The van der Waals surface area contributed by atoms with Crippen molar-refractivity contribution >= 4 is 44.3 Å². The number of sulfonamides is 1. The van der Waals surface area contributed by atoms with E-state index in [-0.39, 0.29) is 23.8 Å². The molecule has 0 radical (unpaired) electrons. The van der Waals surface area contributed by atoms with Gasteiger partial charge >= 0.3 is 5.97 Å². The molecule has 1 aliphatic rings. The summed E-state index contributed by atoms with van der Waals surface area (Å²) in [6, 6.07) is 16.5. The Morgan fingerprint density at radius 2 is 1.81 bits per heavy atom. The van der Waals surface area contributed by atoms with Gasteiger partial charge in [0.2, 0.25) is 15.9 Å². The normalized spacial score (nSPS) is 16.6. The molecule has 0 spiro atoms. The Kier molecular flexibility index (Phi) is 7.22. The number of carboxylic acid groups (broad SMARTS) is 1. The van der Waals surface area contributed by atoms with E-state index in [2.05, 4.69) is 9.71 Å². The summed E-state index contributed by atoms with van der Waals surface area (Å²) >= 11 is 0. The molecule has 10 nitrogen and oxygen atoms in total. The maximum Gasteiger partial charge on any atom is 0.326 e. The standard InChI is InChI=1S/C25H27N5O5S/c26-25(27)28-19-8-3-5-16(13-19)14-21(23(31)30-12-4-9-22(30)24(32)33)29-36(34,35)20-11-10-17-6-1-2-7-18(17)15-20/h1-3,5-8,10-11,13,15,21-22,29H,4,9,12,14H2,(H,32,33)(H4,26,27,28)/t21-,22-/m0/s1. The van der Waals surface area contributed by atoms with Crippen LogP contribution >= 0.6 is 0 Å². The highest BCUT2D eigenvalue weighted by Crippen LogP contribution is 2.23. The highest BCUT2D eigenvalue weighted by molar-refractivity contribution is 7.89. The molecule has 0 saturated carbocycles. The van der Waals surface area contributed by atoms with Gasteiger partial charge in [0, 0.05) is 6.54 Å². The minimum atomic E-state index is -4.12. The topological polar surface area (TPSA) is 168 Å². The van der Waals surface area contributed by atoms with Crippen LogP contribution in [0.15, 0.2) is 76.6 Å². The van der Waals surface area contributed by atoms with Crippen LogP contribution in [0.3, 0.4) is 0 Å². The molecule has 188 valence electrons. The van der Waals surface area contributed by atoms with Gasteiger partial charge in [-0.3, -0.25) is 4.79 Å². The van der Waals surface area contributed by atoms with Crippen molar-refractivity contribution in [3.8, 4) is 0 Å². The fourth-order valence-electron chi connectivity index (χ4n) is 4.39. The Labute approximate surface area is 208 Å². The molecule has 4 rings (SSSR count). The third kappa shape index (κ3) is 5.64. The minimum Gasteiger partial charge on any atom is -0.480 e. The largest absolute Gasteiger partial charge is 0.480 e. The number of aliphatic carboxylic acids is 1. The Bertz CT molecular complexity index is 1440. The highest BCUT2D eigenvalue weighted by atomic mass is 32.2. The predicted octanol–water partition coefficient (Wildman–Crippen LogP) is 1.71. The van der Waals surface area contributed by atoms with E-state index >= 15 is 0 Å². The second-order valence-electron chi connectivity index (χ2n) is 8.62. The van der Waals surface area contributed by atoms with Crippen LogP contribution in [0.4, 0.5) is 5.69 Å². The number of fused-ring (bicyclic) bond motifs is 1. The van der Waals surface area contributed by atoms with Gasteiger partial charge in [0.05, 0.1) is 10.6 Å². The minimum absolute atomic E-state index is 0.00413. The first kappa shape index (κ1) is 25.1. The number of aliphatic imine (C=N–C) groups is 1. The summed E-state index contributed by atoms with van der Waals surface area (Å²) in [6.45, 7) is 0.234. The van der Waals surface area contributed by atoms with Gasteiger partial charge in [0.25, 0.3) is 0 Å². The lowest BCUT2D eigenvalue weighted by Gasteiger charge is -2.27. The molecule has 36 heavy (non-hydrogen) atoms. The Morgan fingerprint density at radius 3 is 2.53 bits per heavy atom. The summed E-state index contributed by atoms with van der Waals surface area (Å²) in [7, 11) is -4.12. The lowest BCUT2D eigenvalue weighted by molar-refractivity contribution is -0.148. The quantitative estimate of drug-likeness (QED) is 0.265. The number of rotatable bonds is 8. The predicted molar refractivity (Wildman–Crippen MR) is 136 cm³/mol. The Morgan fingerprint density at radius 1 is 1.06 bits per heavy atom. The number of guanidine groups is 1. The van der Waals surface area contributed by atoms with Crippen molar-refractivity contribution in [1.29, 1.82) is 0 Å². The number of amides is 1. The van der Waals surface area contributed by atoms with Crippen molar-refractivity contribution in [2.45, 2.75) is 36.2 Å². The van der Waals surface area contributed by atoms with E-state index in [0.29, 0.717) is 24.1 Å². The second-order valence-corrected chi connectivity index (χ2v) is 10.3. The van der Waals surface area contributed by atoms with Crippen LogP contribution in [0.2, 0.25) is 0 Å². The van der Waals surface area contributed by atoms with Crippen molar-refractivity contribution in [3.05, 3.63) is 72.3 Å². The summed E-state index contributed by atoms with van der Waals surface area (Å²) in [5, 5.41) is 11.2. The van der Waals surface area contributed by atoms with Gasteiger partial charge in [-0.05, 0) is 59.9 Å². The van der Waals surface area contributed by atoms with E-state index in [1.165, 1.54) is 17.0 Å². The molecule has 6 N–H and O–H groups in total. The zero-order valence-corrected chi connectivity index (χ0v) is 20.2. The van der Waals surface area contributed by atoms with E-state index in [4.69, 9.17) is 11.5 Å². The number of carbonyl (C=O) groups is 2. The zero-order chi connectivity index (χ0) is 25.9. The fourth-order valence-corrected chi connectivity index (χ4v) is 5.62. The van der Waals surface area contributed by atoms with E-state index in [1.807, 2.05) is 18.2 Å². The summed E-state index contributed by atoms with van der Waals surface area (Å²) < 4.78 is 29.3. The summed E-state index contributed by atoms with van der Waals surface area (Å²) in [4.78, 5) is 30.5. The molecule has 11 heteroatoms. The first-order chi connectivity index (χ1) is 17.1. The lowest BCUT2D eigenvalue weighted by Crippen LogP contribution is -2.52. The first-order valence-corrected chi connectivity index (χ1v) is 12.9. The number of hydrogen-bond donors (Lipinski definition) is 4. The third-order valence-corrected chi connectivity index (χ3v) is 7.53. The van der Waals surface area contributed by atoms with Gasteiger partial charge in [-0.25, -0.2) is 18.2 Å². The average molecular weight is 510 g/mol. The smallest absolute Gasteiger partial charge is 0.326 e. The number of likely N-dealkylation sites (tertiary alicyclic amines) is 1. The third-order valence-electron chi connectivity index (χ3n) is 6.06. The molecular weight excluding hydrogens is 482 g/mol. The molecular formula is C25H27N5O5S. The van der Waals surface area contributed by atoms with Crippen LogP contribution < -0.4 is 16.2 Å².